The van der Waals surface area contributed by atoms with Gasteiger partial charge in [0.15, 0.2) is 0 Å². The minimum Gasteiger partial charge on any atom is -0.296 e. The van der Waals surface area contributed by atoms with Gasteiger partial charge in [-0.1, -0.05) is 5.92 Å². The van der Waals surface area contributed by atoms with E-state index in [0.29, 0.717) is 6.54 Å². The van der Waals surface area contributed by atoms with Gasteiger partial charge >= 0.3 is 0 Å². The highest BCUT2D eigenvalue weighted by atomic mass is 15.0. The van der Waals surface area contributed by atoms with E-state index in [2.05, 4.69) is 21.2 Å². The van der Waals surface area contributed by atoms with Crippen LogP contribution in [0, 0.1) is 19.3 Å². The van der Waals surface area contributed by atoms with Crippen molar-refractivity contribution in [3.8, 4) is 12.3 Å². The lowest BCUT2D eigenvalue weighted by molar-refractivity contribution is 0.486. The van der Waals surface area contributed by atoms with Crippen LogP contribution in [0.1, 0.15) is 25.4 Å². The molecule has 0 aromatic carbocycles. The topological polar surface area (TPSA) is 37.8 Å². The lowest BCUT2D eigenvalue weighted by Gasteiger charge is -2.19. The van der Waals surface area contributed by atoms with E-state index >= 15 is 0 Å². The Hall–Kier alpha value is -1.40. The Morgan fingerprint density at radius 2 is 2.29 bits per heavy atom. The molecule has 0 fully saturated rings. The molecule has 0 unspecified atom stereocenters. The molecule has 0 saturated heterocycles. The molecule has 1 aromatic rings. The molecule has 1 heterocycles. The molecular weight excluding hydrogens is 174 g/mol. The number of rotatable bonds is 3. The zero-order valence-electron chi connectivity index (χ0n) is 8.83. The largest absolute Gasteiger partial charge is 0.296 e. The maximum Gasteiger partial charge on any atom is 0.125 e. The van der Waals surface area contributed by atoms with Crippen molar-refractivity contribution in [3.63, 3.8) is 0 Å². The van der Waals surface area contributed by atoms with E-state index in [1.54, 1.807) is 6.20 Å². The van der Waals surface area contributed by atoms with Crippen molar-refractivity contribution in [3.05, 3.63) is 23.8 Å². The van der Waals surface area contributed by atoms with E-state index in [1.807, 2.05) is 26.8 Å². The van der Waals surface area contributed by atoms with E-state index in [4.69, 9.17) is 6.42 Å². The Morgan fingerprint density at radius 3 is 2.86 bits per heavy atom. The summed E-state index contributed by atoms with van der Waals surface area (Å²) in [5.74, 6) is 3.45. The van der Waals surface area contributed by atoms with Crippen LogP contribution in [0.4, 0.5) is 0 Å². The van der Waals surface area contributed by atoms with Crippen LogP contribution in [0.2, 0.25) is 0 Å². The molecule has 74 valence electrons. The molecule has 0 aliphatic heterocycles. The summed E-state index contributed by atoms with van der Waals surface area (Å²) in [6, 6.07) is 1.88. The molecule has 0 amide bonds. The summed E-state index contributed by atoms with van der Waals surface area (Å²) in [7, 11) is 0. The van der Waals surface area contributed by atoms with Gasteiger partial charge in [0.1, 0.15) is 5.82 Å². The molecule has 3 nitrogen and oxygen atoms in total. The van der Waals surface area contributed by atoms with Gasteiger partial charge in [-0.2, -0.15) is 0 Å². The first kappa shape index (κ1) is 10.7. The van der Waals surface area contributed by atoms with Gasteiger partial charge < -0.3 is 0 Å². The molecule has 0 radical (unpaired) electrons. The molecule has 14 heavy (non-hydrogen) atoms. The zero-order chi connectivity index (χ0) is 10.6. The van der Waals surface area contributed by atoms with Crippen LogP contribution in [0.15, 0.2) is 12.3 Å². The fourth-order valence-corrected chi connectivity index (χ4v) is 0.966. The molecular formula is C11H15N3. The molecule has 1 aromatic heterocycles. The van der Waals surface area contributed by atoms with Gasteiger partial charge in [0.05, 0.1) is 11.2 Å². The first-order valence-corrected chi connectivity index (χ1v) is 4.55. The van der Waals surface area contributed by atoms with Crippen LogP contribution >= 0.6 is 0 Å². The fraction of sp³-hybridized carbons (Fsp3) is 0.455. The number of nitrogens with one attached hydrogen (secondary N) is 1. The standard InChI is InChI=1S/C11H15N3/c1-5-11(3,4)13-8-10-6-7-12-9(2)14-10/h1,6-7,13H,8H2,2-4H3. The Bertz CT molecular complexity index is 350. The summed E-state index contributed by atoms with van der Waals surface area (Å²) >= 11 is 0. The number of aryl methyl sites for hydroxylation is 1. The second-order valence-corrected chi connectivity index (χ2v) is 3.72. The number of hydrogen-bond acceptors (Lipinski definition) is 3. The molecule has 0 aliphatic carbocycles. The Morgan fingerprint density at radius 1 is 1.57 bits per heavy atom. The second kappa shape index (κ2) is 4.21. The van der Waals surface area contributed by atoms with E-state index in [1.165, 1.54) is 0 Å². The lowest BCUT2D eigenvalue weighted by atomic mass is 10.1. The summed E-state index contributed by atoms with van der Waals surface area (Å²) in [6.45, 7) is 6.46. The number of hydrogen-bond donors (Lipinski definition) is 1. The maximum atomic E-state index is 5.36. The molecule has 0 spiro atoms. The Labute approximate surface area is 85.0 Å². The summed E-state index contributed by atoms with van der Waals surface area (Å²) in [5.41, 5.74) is 0.666. The fourth-order valence-electron chi connectivity index (χ4n) is 0.966. The van der Waals surface area contributed by atoms with Gasteiger partial charge in [-0.15, -0.1) is 6.42 Å². The number of aromatic nitrogens is 2. The van der Waals surface area contributed by atoms with Crippen LogP contribution in [-0.2, 0) is 6.54 Å². The third-order valence-electron chi connectivity index (χ3n) is 1.91. The number of terminal acetylenes is 1. The quantitative estimate of drug-likeness (QED) is 0.728. The Balaban J connectivity index is 2.59. The van der Waals surface area contributed by atoms with Crippen molar-refractivity contribution in [1.29, 1.82) is 0 Å². The highest BCUT2D eigenvalue weighted by Crippen LogP contribution is 2.01. The molecule has 0 bridgehead atoms. The molecule has 3 heteroatoms. The van der Waals surface area contributed by atoms with E-state index in [-0.39, 0.29) is 5.54 Å². The second-order valence-electron chi connectivity index (χ2n) is 3.72. The highest BCUT2D eigenvalue weighted by molar-refractivity contribution is 5.09. The monoisotopic (exact) mass is 189 g/mol. The van der Waals surface area contributed by atoms with Crippen molar-refractivity contribution in [1.82, 2.24) is 15.3 Å². The lowest BCUT2D eigenvalue weighted by Crippen LogP contribution is -2.37. The highest BCUT2D eigenvalue weighted by Gasteiger charge is 2.12. The van der Waals surface area contributed by atoms with Crippen molar-refractivity contribution in [2.24, 2.45) is 0 Å². The summed E-state index contributed by atoms with van der Waals surface area (Å²) in [5, 5.41) is 3.23. The average Bonchev–Trinajstić information content (AvgIpc) is 2.15. The maximum absolute atomic E-state index is 5.36. The van der Waals surface area contributed by atoms with Crippen LogP contribution < -0.4 is 5.32 Å². The van der Waals surface area contributed by atoms with Gasteiger partial charge in [-0.25, -0.2) is 9.97 Å². The SMILES string of the molecule is C#CC(C)(C)NCc1ccnc(C)n1. The first-order chi connectivity index (χ1) is 6.53. The summed E-state index contributed by atoms with van der Waals surface area (Å²) in [6.07, 6.45) is 7.11. The van der Waals surface area contributed by atoms with Crippen LogP contribution in [0.25, 0.3) is 0 Å². The zero-order valence-corrected chi connectivity index (χ0v) is 8.83. The van der Waals surface area contributed by atoms with Crippen LogP contribution in [0.3, 0.4) is 0 Å². The van der Waals surface area contributed by atoms with E-state index in [0.717, 1.165) is 11.5 Å². The van der Waals surface area contributed by atoms with E-state index in [9.17, 15) is 0 Å². The van der Waals surface area contributed by atoms with Crippen LogP contribution in [0.5, 0.6) is 0 Å². The normalized spacial score (nSPS) is 11.0. The third-order valence-corrected chi connectivity index (χ3v) is 1.91. The predicted molar refractivity (Wildman–Crippen MR) is 56.5 cm³/mol. The smallest absolute Gasteiger partial charge is 0.125 e. The summed E-state index contributed by atoms with van der Waals surface area (Å²) in [4.78, 5) is 8.29. The first-order valence-electron chi connectivity index (χ1n) is 4.55. The minimum atomic E-state index is -0.293. The third kappa shape index (κ3) is 3.15. The van der Waals surface area contributed by atoms with Gasteiger partial charge in [0.25, 0.3) is 0 Å². The number of nitrogens with zero attached hydrogens (tertiary/aromatic N) is 2. The van der Waals surface area contributed by atoms with Crippen molar-refractivity contribution < 1.29 is 0 Å². The van der Waals surface area contributed by atoms with Gasteiger partial charge in [-0.3, -0.25) is 5.32 Å². The van der Waals surface area contributed by atoms with Crippen LogP contribution in [-0.4, -0.2) is 15.5 Å². The molecule has 0 aliphatic rings. The van der Waals surface area contributed by atoms with Gasteiger partial charge in [0.2, 0.25) is 0 Å². The van der Waals surface area contributed by atoms with Gasteiger partial charge in [-0.05, 0) is 26.8 Å². The predicted octanol–water partition coefficient (Wildman–Crippen LogP) is 1.29. The Kier molecular flexibility index (Phi) is 3.21. The van der Waals surface area contributed by atoms with Gasteiger partial charge in [0, 0.05) is 12.7 Å². The van der Waals surface area contributed by atoms with Crippen molar-refractivity contribution in [2.45, 2.75) is 32.9 Å². The molecule has 0 saturated carbocycles. The molecule has 1 N–H and O–H groups in total. The summed E-state index contributed by atoms with van der Waals surface area (Å²) < 4.78 is 0. The molecule has 1 rings (SSSR count). The van der Waals surface area contributed by atoms with Crippen molar-refractivity contribution >= 4 is 0 Å². The minimum absolute atomic E-state index is 0.293. The van der Waals surface area contributed by atoms with Crippen molar-refractivity contribution in [2.75, 3.05) is 0 Å². The van der Waals surface area contributed by atoms with E-state index < -0.39 is 0 Å². The molecule has 0 atom stereocenters. The average molecular weight is 189 g/mol.